The van der Waals surface area contributed by atoms with Gasteiger partial charge in [0.05, 0.1) is 22.2 Å². The van der Waals surface area contributed by atoms with E-state index < -0.39 is 0 Å². The predicted molar refractivity (Wildman–Crippen MR) is 105 cm³/mol. The molecule has 28 heavy (non-hydrogen) atoms. The number of anilines is 1. The Morgan fingerprint density at radius 2 is 1.79 bits per heavy atom. The van der Waals surface area contributed by atoms with Crippen LogP contribution in [0, 0.1) is 0 Å². The van der Waals surface area contributed by atoms with Crippen LogP contribution in [-0.4, -0.2) is 39.1 Å². The van der Waals surface area contributed by atoms with Crippen molar-refractivity contribution in [3.63, 3.8) is 0 Å². The van der Waals surface area contributed by atoms with Crippen molar-refractivity contribution in [2.45, 2.75) is 26.2 Å². The minimum atomic E-state index is -0.353. The Bertz CT molecular complexity index is 1060. The van der Waals surface area contributed by atoms with Gasteiger partial charge in [-0.25, -0.2) is 4.98 Å². The van der Waals surface area contributed by atoms with Crippen LogP contribution < -0.4 is 5.32 Å². The van der Waals surface area contributed by atoms with Gasteiger partial charge < -0.3 is 10.3 Å². The molecule has 0 spiro atoms. The minimum Gasteiger partial charge on any atom is -0.342 e. The quantitative estimate of drug-likeness (QED) is 0.668. The fraction of sp³-hybridized carbons (Fsp3) is 0.238. The summed E-state index contributed by atoms with van der Waals surface area (Å²) in [5, 5.41) is 2.81. The van der Waals surface area contributed by atoms with Crippen molar-refractivity contribution in [2.24, 2.45) is 0 Å². The van der Waals surface area contributed by atoms with Crippen LogP contribution in [0.5, 0.6) is 0 Å². The van der Waals surface area contributed by atoms with Gasteiger partial charge in [0.25, 0.3) is 11.8 Å². The van der Waals surface area contributed by atoms with E-state index >= 15 is 0 Å². The Hall–Kier alpha value is -3.48. The Balaban J connectivity index is 1.41. The first-order chi connectivity index (χ1) is 13.4. The van der Waals surface area contributed by atoms with Gasteiger partial charge in [-0.05, 0) is 30.3 Å². The van der Waals surface area contributed by atoms with Crippen LogP contribution in [0.1, 0.15) is 52.7 Å². The first kappa shape index (κ1) is 17.9. The predicted octanol–water partition coefficient (Wildman–Crippen LogP) is 3.31. The summed E-state index contributed by atoms with van der Waals surface area (Å²) in [6.45, 7) is 4.15. The highest BCUT2D eigenvalue weighted by atomic mass is 16.2. The van der Waals surface area contributed by atoms with E-state index in [-0.39, 0.29) is 36.6 Å². The maximum Gasteiger partial charge on any atom is 0.261 e. The minimum absolute atomic E-state index is 0.0315. The van der Waals surface area contributed by atoms with Gasteiger partial charge in [0.1, 0.15) is 5.82 Å². The van der Waals surface area contributed by atoms with Crippen molar-refractivity contribution in [3.05, 3.63) is 59.4 Å². The number of hydrogen-bond acceptors (Lipinski definition) is 4. The third kappa shape index (κ3) is 3.15. The van der Waals surface area contributed by atoms with Gasteiger partial charge >= 0.3 is 0 Å². The number of hydrogen-bond donors (Lipinski definition) is 2. The lowest BCUT2D eigenvalue weighted by atomic mass is 10.1. The summed E-state index contributed by atoms with van der Waals surface area (Å²) < 4.78 is 0. The number of fused-ring (bicyclic) bond motifs is 2. The van der Waals surface area contributed by atoms with Crippen LogP contribution in [-0.2, 0) is 4.79 Å². The summed E-state index contributed by atoms with van der Waals surface area (Å²) in [7, 11) is 0. The molecule has 7 nitrogen and oxygen atoms in total. The highest BCUT2D eigenvalue weighted by Gasteiger charge is 2.34. The largest absolute Gasteiger partial charge is 0.342 e. The van der Waals surface area contributed by atoms with E-state index in [0.717, 1.165) is 21.8 Å². The number of carbonyl (C=O) groups excluding carboxylic acids is 3. The molecular formula is C21H20N4O3. The van der Waals surface area contributed by atoms with Gasteiger partial charge in [-0.3, -0.25) is 19.3 Å². The third-order valence-corrected chi connectivity index (χ3v) is 4.77. The number of imidazole rings is 1. The highest BCUT2D eigenvalue weighted by molar-refractivity contribution is 6.21. The molecule has 7 heteroatoms. The normalized spacial score (nSPS) is 13.5. The molecule has 0 saturated carbocycles. The van der Waals surface area contributed by atoms with Crippen LogP contribution in [0.4, 0.5) is 5.69 Å². The van der Waals surface area contributed by atoms with Gasteiger partial charge in [0.15, 0.2) is 0 Å². The van der Waals surface area contributed by atoms with Gasteiger partial charge in [-0.15, -0.1) is 0 Å². The molecule has 2 N–H and O–H groups in total. The van der Waals surface area contributed by atoms with Gasteiger partial charge in [0.2, 0.25) is 5.91 Å². The first-order valence-corrected chi connectivity index (χ1v) is 9.19. The van der Waals surface area contributed by atoms with E-state index in [1.807, 2.05) is 12.1 Å². The Morgan fingerprint density at radius 3 is 2.43 bits per heavy atom. The zero-order chi connectivity index (χ0) is 19.8. The Morgan fingerprint density at radius 1 is 1.11 bits per heavy atom. The summed E-state index contributed by atoms with van der Waals surface area (Å²) >= 11 is 0. The summed E-state index contributed by atoms with van der Waals surface area (Å²) in [6.07, 6.45) is 0.0315. The van der Waals surface area contributed by atoms with Crippen LogP contribution in [0.2, 0.25) is 0 Å². The lowest BCUT2D eigenvalue weighted by Crippen LogP contribution is -2.32. The molecule has 0 saturated heterocycles. The zero-order valence-corrected chi connectivity index (χ0v) is 15.7. The van der Waals surface area contributed by atoms with Crippen molar-refractivity contribution < 1.29 is 14.4 Å². The smallest absolute Gasteiger partial charge is 0.261 e. The number of carbonyl (C=O) groups is 3. The number of nitrogens with zero attached hydrogens (tertiary/aromatic N) is 2. The molecule has 0 aliphatic carbocycles. The average Bonchev–Trinajstić information content (AvgIpc) is 3.20. The molecule has 3 aromatic rings. The number of imide groups is 1. The summed E-state index contributed by atoms with van der Waals surface area (Å²) in [6, 6.07) is 12.1. The third-order valence-electron chi connectivity index (χ3n) is 4.77. The molecule has 1 aliphatic heterocycles. The van der Waals surface area contributed by atoms with Crippen LogP contribution in [0.3, 0.4) is 0 Å². The molecule has 2 heterocycles. The van der Waals surface area contributed by atoms with Gasteiger partial charge in [-0.2, -0.15) is 0 Å². The summed E-state index contributed by atoms with van der Waals surface area (Å²) in [4.78, 5) is 45.9. The SMILES string of the molecule is CC(C)c1nc2ccc(NC(=O)CCN3C(=O)c4ccccc4C3=O)cc2[nH]1. The number of nitrogens with one attached hydrogen (secondary N) is 2. The second kappa shape index (κ2) is 6.92. The van der Waals surface area contributed by atoms with E-state index in [2.05, 4.69) is 29.1 Å². The van der Waals surface area contributed by atoms with E-state index in [1.165, 1.54) is 0 Å². The van der Waals surface area contributed by atoms with Crippen molar-refractivity contribution in [1.82, 2.24) is 14.9 Å². The van der Waals surface area contributed by atoms with Crippen LogP contribution in [0.15, 0.2) is 42.5 Å². The van der Waals surface area contributed by atoms with Gasteiger partial charge in [0, 0.05) is 24.6 Å². The van der Waals surface area contributed by atoms with Crippen molar-refractivity contribution in [3.8, 4) is 0 Å². The number of aromatic nitrogens is 2. The number of rotatable bonds is 5. The van der Waals surface area contributed by atoms with E-state index in [0.29, 0.717) is 16.8 Å². The molecular weight excluding hydrogens is 356 g/mol. The second-order valence-corrected chi connectivity index (χ2v) is 7.11. The standard InChI is InChI=1S/C21H20N4O3/c1-12(2)19-23-16-8-7-13(11-17(16)24-19)22-18(26)9-10-25-20(27)14-5-3-4-6-15(14)21(25)28/h3-8,11-12H,9-10H2,1-2H3,(H,22,26)(H,23,24). The molecule has 3 amide bonds. The molecule has 0 radical (unpaired) electrons. The molecule has 4 rings (SSSR count). The average molecular weight is 376 g/mol. The zero-order valence-electron chi connectivity index (χ0n) is 15.7. The van der Waals surface area contributed by atoms with E-state index in [9.17, 15) is 14.4 Å². The maximum atomic E-state index is 12.3. The molecule has 1 aliphatic rings. The lowest BCUT2D eigenvalue weighted by Gasteiger charge is -2.13. The molecule has 1 aromatic heterocycles. The van der Waals surface area contributed by atoms with Crippen LogP contribution in [0.25, 0.3) is 11.0 Å². The van der Waals surface area contributed by atoms with Crippen molar-refractivity contribution in [1.29, 1.82) is 0 Å². The summed E-state index contributed by atoms with van der Waals surface area (Å²) in [5.41, 5.74) is 3.10. The molecule has 142 valence electrons. The van der Waals surface area contributed by atoms with Crippen molar-refractivity contribution >= 4 is 34.4 Å². The van der Waals surface area contributed by atoms with Gasteiger partial charge in [-0.1, -0.05) is 26.0 Å². The summed E-state index contributed by atoms with van der Waals surface area (Å²) in [5.74, 6) is 0.204. The topological polar surface area (TPSA) is 95.2 Å². The number of benzene rings is 2. The maximum absolute atomic E-state index is 12.3. The highest BCUT2D eigenvalue weighted by Crippen LogP contribution is 2.23. The molecule has 0 unspecified atom stereocenters. The second-order valence-electron chi connectivity index (χ2n) is 7.11. The molecule has 2 aromatic carbocycles. The Labute approximate surface area is 161 Å². The van der Waals surface area contributed by atoms with E-state index in [1.54, 1.807) is 30.3 Å². The molecule has 0 fully saturated rings. The first-order valence-electron chi connectivity index (χ1n) is 9.19. The molecule has 0 atom stereocenters. The van der Waals surface area contributed by atoms with Crippen molar-refractivity contribution in [2.75, 3.05) is 11.9 Å². The molecule has 0 bridgehead atoms. The number of aromatic amines is 1. The fourth-order valence-electron chi connectivity index (χ4n) is 3.26. The monoisotopic (exact) mass is 376 g/mol. The van der Waals surface area contributed by atoms with E-state index in [4.69, 9.17) is 0 Å². The number of H-pyrrole nitrogens is 1. The Kier molecular flexibility index (Phi) is 4.43. The number of amides is 3. The fourth-order valence-corrected chi connectivity index (χ4v) is 3.26. The lowest BCUT2D eigenvalue weighted by molar-refractivity contribution is -0.116. The van der Waals surface area contributed by atoms with Crippen LogP contribution >= 0.6 is 0 Å².